The van der Waals surface area contributed by atoms with Gasteiger partial charge in [0.05, 0.1) is 11.8 Å². The zero-order valence-corrected chi connectivity index (χ0v) is 13.3. The fraction of sp³-hybridized carbons (Fsp3) is 0.462. The molecule has 0 spiro atoms. The number of carbonyl (C=O) groups excluding carboxylic acids is 1. The summed E-state index contributed by atoms with van der Waals surface area (Å²) in [5.74, 6) is -1.54. The maximum absolute atomic E-state index is 11.8. The Hall–Kier alpha value is -2.00. The number of carboxylic acid groups (broad SMARTS) is 1. The number of amides is 1. The molecule has 0 atom stereocenters. The van der Waals surface area contributed by atoms with Crippen molar-refractivity contribution >= 4 is 21.9 Å². The maximum atomic E-state index is 11.8. The Balaban J connectivity index is 2.45. The first-order valence-corrected chi connectivity index (χ1v) is 8.53. The predicted octanol–water partition coefficient (Wildman–Crippen LogP) is 0.181. The van der Waals surface area contributed by atoms with Crippen LogP contribution < -0.4 is 5.32 Å². The molecule has 0 fully saturated rings. The molecule has 0 aliphatic carbocycles. The summed E-state index contributed by atoms with van der Waals surface area (Å²) in [6, 6.07) is 2.63. The summed E-state index contributed by atoms with van der Waals surface area (Å²) in [4.78, 5) is 26.1. The summed E-state index contributed by atoms with van der Waals surface area (Å²) in [5.41, 5.74) is 0.115. The van der Waals surface area contributed by atoms with E-state index in [9.17, 15) is 18.0 Å². The van der Waals surface area contributed by atoms with Gasteiger partial charge in [-0.2, -0.15) is 0 Å². The van der Waals surface area contributed by atoms with Gasteiger partial charge in [-0.3, -0.25) is 4.79 Å². The molecule has 1 aromatic heterocycles. The normalized spacial score (nSPS) is 11.4. The third-order valence-corrected chi connectivity index (χ3v) is 4.32. The molecule has 0 aliphatic rings. The van der Waals surface area contributed by atoms with Crippen LogP contribution in [0.5, 0.6) is 0 Å². The summed E-state index contributed by atoms with van der Waals surface area (Å²) >= 11 is 0. The Morgan fingerprint density at radius 1 is 1.36 bits per heavy atom. The molecule has 122 valence electrons. The van der Waals surface area contributed by atoms with Gasteiger partial charge < -0.3 is 10.4 Å². The van der Waals surface area contributed by atoms with Crippen molar-refractivity contribution < 1.29 is 23.1 Å². The van der Waals surface area contributed by atoms with Gasteiger partial charge >= 0.3 is 5.97 Å². The van der Waals surface area contributed by atoms with Crippen LogP contribution in [0, 0.1) is 0 Å². The Bertz CT molecular complexity index is 628. The molecule has 1 rings (SSSR count). The van der Waals surface area contributed by atoms with Gasteiger partial charge in [0.2, 0.25) is 10.0 Å². The molecule has 0 aromatic carbocycles. The van der Waals surface area contributed by atoms with E-state index in [1.165, 1.54) is 22.6 Å². The zero-order chi connectivity index (χ0) is 16.8. The van der Waals surface area contributed by atoms with Crippen LogP contribution in [0.3, 0.4) is 0 Å². The van der Waals surface area contributed by atoms with Crippen LogP contribution in [0.15, 0.2) is 18.3 Å². The van der Waals surface area contributed by atoms with Crippen LogP contribution in [0.2, 0.25) is 0 Å². The largest absolute Gasteiger partial charge is 0.477 e. The number of aromatic carboxylic acids is 1. The maximum Gasteiger partial charge on any atom is 0.354 e. The van der Waals surface area contributed by atoms with Crippen LogP contribution in [0.4, 0.5) is 0 Å². The van der Waals surface area contributed by atoms with E-state index in [0.29, 0.717) is 26.1 Å². The van der Waals surface area contributed by atoms with Crippen LogP contribution >= 0.6 is 0 Å². The van der Waals surface area contributed by atoms with Gasteiger partial charge in [0.25, 0.3) is 5.91 Å². The average Bonchev–Trinajstić information content (AvgIpc) is 2.45. The number of carboxylic acids is 1. The molecule has 0 saturated carbocycles. The minimum Gasteiger partial charge on any atom is -0.477 e. The minimum absolute atomic E-state index is 0.136. The highest BCUT2D eigenvalue weighted by atomic mass is 32.2. The van der Waals surface area contributed by atoms with Gasteiger partial charge in [-0.1, -0.05) is 6.92 Å². The number of aromatic nitrogens is 1. The van der Waals surface area contributed by atoms with E-state index < -0.39 is 16.0 Å². The average molecular weight is 329 g/mol. The number of sulfonamides is 1. The number of pyridine rings is 1. The first kappa shape index (κ1) is 18.1. The van der Waals surface area contributed by atoms with E-state index >= 15 is 0 Å². The SMILES string of the molecule is CCN(CCCNC(=O)c1ccc(C(=O)O)nc1)S(C)(=O)=O. The number of carbonyl (C=O) groups is 2. The minimum atomic E-state index is -3.23. The highest BCUT2D eigenvalue weighted by Crippen LogP contribution is 2.01. The molecule has 0 saturated heterocycles. The molecule has 0 aliphatic heterocycles. The lowest BCUT2D eigenvalue weighted by molar-refractivity contribution is 0.0689. The lowest BCUT2D eigenvalue weighted by Crippen LogP contribution is -2.33. The zero-order valence-electron chi connectivity index (χ0n) is 12.4. The highest BCUT2D eigenvalue weighted by molar-refractivity contribution is 7.88. The van der Waals surface area contributed by atoms with Crippen molar-refractivity contribution in [2.75, 3.05) is 25.9 Å². The van der Waals surface area contributed by atoms with E-state index in [4.69, 9.17) is 5.11 Å². The van der Waals surface area contributed by atoms with Crippen molar-refractivity contribution in [1.29, 1.82) is 0 Å². The molecule has 1 heterocycles. The molecule has 1 aromatic rings. The third kappa shape index (κ3) is 5.41. The van der Waals surface area contributed by atoms with Crippen molar-refractivity contribution in [1.82, 2.24) is 14.6 Å². The molecule has 2 N–H and O–H groups in total. The standard InChI is InChI=1S/C13H19N3O5S/c1-3-16(22(2,20)21)8-4-7-14-12(17)10-5-6-11(13(18)19)15-9-10/h5-6,9H,3-4,7-8H2,1-2H3,(H,14,17)(H,18,19). The van der Waals surface area contributed by atoms with Gasteiger partial charge in [-0.15, -0.1) is 0 Å². The van der Waals surface area contributed by atoms with Crippen molar-refractivity contribution in [3.63, 3.8) is 0 Å². The van der Waals surface area contributed by atoms with Crippen LogP contribution in [-0.4, -0.2) is 60.6 Å². The summed E-state index contributed by atoms with van der Waals surface area (Å²) in [6.07, 6.45) is 2.81. The van der Waals surface area contributed by atoms with Gasteiger partial charge in [0.1, 0.15) is 5.69 Å². The number of hydrogen-bond donors (Lipinski definition) is 2. The van der Waals surface area contributed by atoms with E-state index in [2.05, 4.69) is 10.3 Å². The Labute approximate surface area is 129 Å². The molecule has 22 heavy (non-hydrogen) atoms. The number of nitrogens with one attached hydrogen (secondary N) is 1. The molecule has 9 heteroatoms. The quantitative estimate of drug-likeness (QED) is 0.657. The molecule has 0 bridgehead atoms. The summed E-state index contributed by atoms with van der Waals surface area (Å²) in [6.45, 7) is 2.76. The number of hydrogen-bond acceptors (Lipinski definition) is 5. The van der Waals surface area contributed by atoms with Crippen LogP contribution in [0.1, 0.15) is 34.2 Å². The Morgan fingerprint density at radius 3 is 2.50 bits per heavy atom. The highest BCUT2D eigenvalue weighted by Gasteiger charge is 2.14. The fourth-order valence-electron chi connectivity index (χ4n) is 1.77. The first-order chi connectivity index (χ1) is 10.3. The monoisotopic (exact) mass is 329 g/mol. The Morgan fingerprint density at radius 2 is 2.05 bits per heavy atom. The van der Waals surface area contributed by atoms with Gasteiger partial charge in [0, 0.05) is 25.8 Å². The van der Waals surface area contributed by atoms with E-state index in [1.807, 2.05) is 0 Å². The molecule has 1 amide bonds. The second kappa shape index (κ2) is 7.85. The topological polar surface area (TPSA) is 117 Å². The van der Waals surface area contributed by atoms with Crippen molar-refractivity contribution in [2.24, 2.45) is 0 Å². The number of nitrogens with zero attached hydrogens (tertiary/aromatic N) is 2. The van der Waals surface area contributed by atoms with Crippen molar-refractivity contribution in [3.8, 4) is 0 Å². The van der Waals surface area contributed by atoms with E-state index in [-0.39, 0.29) is 17.2 Å². The van der Waals surface area contributed by atoms with Crippen LogP contribution in [0.25, 0.3) is 0 Å². The Kier molecular flexibility index (Phi) is 6.44. The van der Waals surface area contributed by atoms with Crippen LogP contribution in [-0.2, 0) is 10.0 Å². The van der Waals surface area contributed by atoms with Gasteiger partial charge in [0.15, 0.2) is 0 Å². The van der Waals surface area contributed by atoms with Crippen molar-refractivity contribution in [3.05, 3.63) is 29.6 Å². The van der Waals surface area contributed by atoms with Gasteiger partial charge in [-0.25, -0.2) is 22.5 Å². The van der Waals surface area contributed by atoms with E-state index in [0.717, 1.165) is 6.26 Å². The summed E-state index contributed by atoms with van der Waals surface area (Å²) < 4.78 is 24.1. The molecule has 8 nitrogen and oxygen atoms in total. The lowest BCUT2D eigenvalue weighted by atomic mass is 10.2. The second-order valence-corrected chi connectivity index (χ2v) is 6.58. The molecular weight excluding hydrogens is 310 g/mol. The lowest BCUT2D eigenvalue weighted by Gasteiger charge is -2.17. The third-order valence-electron chi connectivity index (χ3n) is 2.94. The molecular formula is C13H19N3O5S. The fourth-order valence-corrected chi connectivity index (χ4v) is 2.70. The molecule has 0 unspecified atom stereocenters. The second-order valence-electron chi connectivity index (χ2n) is 4.60. The van der Waals surface area contributed by atoms with E-state index in [1.54, 1.807) is 6.92 Å². The first-order valence-electron chi connectivity index (χ1n) is 6.68. The molecule has 0 radical (unpaired) electrons. The smallest absolute Gasteiger partial charge is 0.354 e. The summed E-state index contributed by atoms with van der Waals surface area (Å²) in [5, 5.41) is 11.3. The van der Waals surface area contributed by atoms with Gasteiger partial charge in [-0.05, 0) is 18.6 Å². The predicted molar refractivity (Wildman–Crippen MR) is 80.2 cm³/mol. The van der Waals surface area contributed by atoms with Crippen molar-refractivity contribution in [2.45, 2.75) is 13.3 Å². The number of rotatable bonds is 8. The summed E-state index contributed by atoms with van der Waals surface area (Å²) in [7, 11) is -3.23.